The van der Waals surface area contributed by atoms with Crippen LogP contribution in [0.3, 0.4) is 0 Å². The number of aromatic nitrogens is 2. The number of morpholine rings is 1. The van der Waals surface area contributed by atoms with E-state index in [2.05, 4.69) is 25.9 Å². The summed E-state index contributed by atoms with van der Waals surface area (Å²) in [6.07, 6.45) is -3.72. The highest BCUT2D eigenvalue weighted by atomic mass is 19.4. The van der Waals surface area contributed by atoms with E-state index in [1.807, 2.05) is 0 Å². The Kier molecular flexibility index (Phi) is 5.72. The van der Waals surface area contributed by atoms with E-state index >= 15 is 0 Å². The predicted octanol–water partition coefficient (Wildman–Crippen LogP) is 0.400. The molecule has 2 heterocycles. The van der Waals surface area contributed by atoms with Crippen LogP contribution in [0.5, 0.6) is 0 Å². The van der Waals surface area contributed by atoms with Gasteiger partial charge in [-0.1, -0.05) is 0 Å². The second kappa shape index (κ2) is 7.55. The number of hydrogen-bond donors (Lipinski definition) is 3. The highest BCUT2D eigenvalue weighted by molar-refractivity contribution is 5.82. The lowest BCUT2D eigenvalue weighted by Gasteiger charge is -2.29. The minimum Gasteiger partial charge on any atom is -0.375 e. The maximum absolute atomic E-state index is 12.5. The van der Waals surface area contributed by atoms with Gasteiger partial charge in [0.1, 0.15) is 11.7 Å². The zero-order chi connectivity index (χ0) is 16.9. The third kappa shape index (κ3) is 5.03. The van der Waals surface area contributed by atoms with Crippen LogP contribution in [0.1, 0.15) is 12.6 Å². The number of halogens is 3. The van der Waals surface area contributed by atoms with E-state index in [0.29, 0.717) is 13.2 Å². The molecule has 1 aromatic rings. The molecule has 1 saturated heterocycles. The van der Waals surface area contributed by atoms with Crippen LogP contribution < -0.4 is 16.0 Å². The standard InChI is InChI=1S/C13H18F3N5O2/c1-8-10(17-6-7-23-8)11(22)18-4-5-20-12-19-3-2-9(21-12)13(14,15)16/h2-3,8,10,17H,4-7H2,1H3,(H,18,22)(H,19,20,21)/t8-,10+/m1/s1. The van der Waals surface area contributed by atoms with Crippen molar-refractivity contribution in [3.05, 3.63) is 18.0 Å². The number of hydrogen-bond acceptors (Lipinski definition) is 6. The van der Waals surface area contributed by atoms with Gasteiger partial charge in [-0.05, 0) is 13.0 Å². The molecule has 23 heavy (non-hydrogen) atoms. The molecular formula is C13H18F3N5O2. The van der Waals surface area contributed by atoms with Gasteiger partial charge in [0, 0.05) is 25.8 Å². The van der Waals surface area contributed by atoms with Gasteiger partial charge >= 0.3 is 6.18 Å². The van der Waals surface area contributed by atoms with Gasteiger partial charge in [-0.25, -0.2) is 9.97 Å². The molecule has 128 valence electrons. The fraction of sp³-hybridized carbons (Fsp3) is 0.615. The molecule has 1 aromatic heterocycles. The van der Waals surface area contributed by atoms with E-state index in [-0.39, 0.29) is 31.0 Å². The quantitative estimate of drug-likeness (QED) is 0.676. The van der Waals surface area contributed by atoms with Crippen molar-refractivity contribution in [2.24, 2.45) is 0 Å². The summed E-state index contributed by atoms with van der Waals surface area (Å²) < 4.78 is 42.9. The highest BCUT2D eigenvalue weighted by Crippen LogP contribution is 2.27. The first-order chi connectivity index (χ1) is 10.9. The van der Waals surface area contributed by atoms with Crippen molar-refractivity contribution in [1.29, 1.82) is 0 Å². The normalized spacial score (nSPS) is 21.7. The Hall–Kier alpha value is -1.94. The summed E-state index contributed by atoms with van der Waals surface area (Å²) in [6, 6.07) is 0.358. The Morgan fingerprint density at radius 2 is 2.26 bits per heavy atom. The largest absolute Gasteiger partial charge is 0.433 e. The Morgan fingerprint density at radius 3 is 2.96 bits per heavy atom. The van der Waals surface area contributed by atoms with Crippen LogP contribution in [0.15, 0.2) is 12.3 Å². The third-order valence-electron chi connectivity index (χ3n) is 3.25. The minimum absolute atomic E-state index is 0.137. The molecule has 0 radical (unpaired) electrons. The summed E-state index contributed by atoms with van der Waals surface area (Å²) in [5.74, 6) is -0.356. The van der Waals surface area contributed by atoms with Crippen LogP contribution in [0.25, 0.3) is 0 Å². The molecule has 3 N–H and O–H groups in total. The van der Waals surface area contributed by atoms with Gasteiger partial charge in [-0.15, -0.1) is 0 Å². The first kappa shape index (κ1) is 17.4. The van der Waals surface area contributed by atoms with Crippen LogP contribution in [0, 0.1) is 0 Å². The molecule has 10 heteroatoms. The number of rotatable bonds is 5. The molecule has 0 aromatic carbocycles. The molecule has 2 atom stereocenters. The molecule has 7 nitrogen and oxygen atoms in total. The molecule has 1 fully saturated rings. The lowest BCUT2D eigenvalue weighted by atomic mass is 10.1. The second-order valence-corrected chi connectivity index (χ2v) is 4.99. The van der Waals surface area contributed by atoms with E-state index in [9.17, 15) is 18.0 Å². The molecule has 1 aliphatic rings. The van der Waals surface area contributed by atoms with Crippen molar-refractivity contribution in [3.63, 3.8) is 0 Å². The first-order valence-electron chi connectivity index (χ1n) is 7.15. The van der Waals surface area contributed by atoms with Crippen LogP contribution in [0.2, 0.25) is 0 Å². The van der Waals surface area contributed by atoms with E-state index in [0.717, 1.165) is 12.3 Å². The molecular weight excluding hydrogens is 315 g/mol. The molecule has 0 bridgehead atoms. The Balaban J connectivity index is 1.76. The Labute approximate surface area is 131 Å². The number of ether oxygens (including phenoxy) is 1. The monoisotopic (exact) mass is 333 g/mol. The maximum atomic E-state index is 12.5. The van der Waals surface area contributed by atoms with Gasteiger partial charge < -0.3 is 20.7 Å². The van der Waals surface area contributed by atoms with Crippen molar-refractivity contribution in [2.75, 3.05) is 31.6 Å². The number of alkyl halides is 3. The smallest absolute Gasteiger partial charge is 0.375 e. The van der Waals surface area contributed by atoms with Crippen molar-refractivity contribution in [3.8, 4) is 0 Å². The van der Waals surface area contributed by atoms with Gasteiger partial charge in [0.15, 0.2) is 0 Å². The summed E-state index contributed by atoms with van der Waals surface area (Å²) in [5.41, 5.74) is -1.02. The van der Waals surface area contributed by atoms with Gasteiger partial charge in [-0.3, -0.25) is 4.79 Å². The van der Waals surface area contributed by atoms with Gasteiger partial charge in [0.2, 0.25) is 11.9 Å². The van der Waals surface area contributed by atoms with Crippen LogP contribution in [-0.2, 0) is 15.7 Å². The van der Waals surface area contributed by atoms with Crippen LogP contribution in [0.4, 0.5) is 19.1 Å². The summed E-state index contributed by atoms with van der Waals surface area (Å²) >= 11 is 0. The first-order valence-corrected chi connectivity index (χ1v) is 7.15. The fourth-order valence-corrected chi connectivity index (χ4v) is 2.10. The van der Waals surface area contributed by atoms with Crippen molar-refractivity contribution >= 4 is 11.9 Å². The zero-order valence-corrected chi connectivity index (χ0v) is 12.5. The molecule has 2 rings (SSSR count). The second-order valence-electron chi connectivity index (χ2n) is 4.99. The molecule has 1 amide bonds. The Morgan fingerprint density at radius 1 is 1.48 bits per heavy atom. The summed E-state index contributed by atoms with van der Waals surface area (Å²) in [5, 5.41) is 8.36. The van der Waals surface area contributed by atoms with Gasteiger partial charge in [-0.2, -0.15) is 13.2 Å². The zero-order valence-electron chi connectivity index (χ0n) is 12.5. The summed E-state index contributed by atoms with van der Waals surface area (Å²) in [7, 11) is 0. The van der Waals surface area contributed by atoms with Crippen LogP contribution in [-0.4, -0.2) is 54.3 Å². The van der Waals surface area contributed by atoms with E-state index in [4.69, 9.17) is 4.74 Å². The average molecular weight is 333 g/mol. The molecule has 0 spiro atoms. The van der Waals surface area contributed by atoms with Crippen LogP contribution >= 0.6 is 0 Å². The number of nitrogens with zero attached hydrogens (tertiary/aromatic N) is 2. The van der Waals surface area contributed by atoms with Gasteiger partial charge in [0.25, 0.3) is 0 Å². The molecule has 0 aliphatic carbocycles. The number of nitrogens with one attached hydrogen (secondary N) is 3. The fourth-order valence-electron chi connectivity index (χ4n) is 2.10. The number of amides is 1. The van der Waals surface area contributed by atoms with E-state index in [1.165, 1.54) is 0 Å². The van der Waals surface area contributed by atoms with Gasteiger partial charge in [0.05, 0.1) is 12.7 Å². The lowest BCUT2D eigenvalue weighted by Crippen LogP contribution is -2.55. The summed E-state index contributed by atoms with van der Waals surface area (Å²) in [6.45, 7) is 3.38. The van der Waals surface area contributed by atoms with Crippen molar-refractivity contribution < 1.29 is 22.7 Å². The SMILES string of the molecule is C[C@H]1OCCN[C@@H]1C(=O)NCCNc1nccc(C(F)(F)F)n1. The molecule has 1 aliphatic heterocycles. The topological polar surface area (TPSA) is 88.2 Å². The van der Waals surface area contributed by atoms with Crippen molar-refractivity contribution in [1.82, 2.24) is 20.6 Å². The maximum Gasteiger partial charge on any atom is 0.433 e. The average Bonchev–Trinajstić information content (AvgIpc) is 2.51. The molecule has 0 unspecified atom stereocenters. The van der Waals surface area contributed by atoms with Crippen molar-refractivity contribution in [2.45, 2.75) is 25.2 Å². The third-order valence-corrected chi connectivity index (χ3v) is 3.25. The predicted molar refractivity (Wildman–Crippen MR) is 75.7 cm³/mol. The lowest BCUT2D eigenvalue weighted by molar-refractivity contribution is -0.141. The Bertz CT molecular complexity index is 541. The number of carbonyl (C=O) groups is 1. The minimum atomic E-state index is -4.52. The number of carbonyl (C=O) groups excluding carboxylic acids is 1. The summed E-state index contributed by atoms with van der Waals surface area (Å²) in [4.78, 5) is 19.0. The number of anilines is 1. The van der Waals surface area contributed by atoms with E-state index in [1.54, 1.807) is 6.92 Å². The molecule has 0 saturated carbocycles. The highest BCUT2D eigenvalue weighted by Gasteiger charge is 2.32. The van der Waals surface area contributed by atoms with E-state index < -0.39 is 17.9 Å².